The van der Waals surface area contributed by atoms with E-state index in [0.717, 1.165) is 10.0 Å². The summed E-state index contributed by atoms with van der Waals surface area (Å²) in [4.78, 5) is 11.5. The van der Waals surface area contributed by atoms with Crippen LogP contribution in [0.4, 0.5) is 5.69 Å². The van der Waals surface area contributed by atoms with Crippen molar-refractivity contribution in [3.05, 3.63) is 59.7 Å². The van der Waals surface area contributed by atoms with Gasteiger partial charge in [-0.2, -0.15) is 0 Å². The second-order valence-corrected chi connectivity index (χ2v) is 6.09. The summed E-state index contributed by atoms with van der Waals surface area (Å²) < 4.78 is 1.06. The third-order valence-electron chi connectivity index (χ3n) is 2.53. The molecule has 0 atom stereocenters. The first-order chi connectivity index (χ1) is 9.08. The van der Waals surface area contributed by atoms with Crippen LogP contribution in [0, 0.1) is 10.1 Å². The van der Waals surface area contributed by atoms with Crippen molar-refractivity contribution in [1.82, 2.24) is 5.32 Å². The van der Waals surface area contributed by atoms with Gasteiger partial charge in [-0.1, -0.05) is 11.6 Å². The second-order valence-electron chi connectivity index (χ2n) is 3.83. The summed E-state index contributed by atoms with van der Waals surface area (Å²) in [5.41, 5.74) is 0.780. The molecular formula is C12H10BrClN2O2S. The van der Waals surface area contributed by atoms with E-state index in [2.05, 4.69) is 21.2 Å². The minimum absolute atomic E-state index is 0.0542. The Labute approximate surface area is 127 Å². The van der Waals surface area contributed by atoms with E-state index in [1.54, 1.807) is 17.4 Å². The number of nitro groups is 1. The lowest BCUT2D eigenvalue weighted by molar-refractivity contribution is -0.384. The van der Waals surface area contributed by atoms with E-state index in [1.807, 2.05) is 11.4 Å². The maximum atomic E-state index is 10.7. The topological polar surface area (TPSA) is 55.2 Å². The van der Waals surface area contributed by atoms with Crippen molar-refractivity contribution in [2.24, 2.45) is 0 Å². The predicted molar refractivity (Wildman–Crippen MR) is 80.7 cm³/mol. The van der Waals surface area contributed by atoms with Gasteiger partial charge in [-0.05, 0) is 39.0 Å². The van der Waals surface area contributed by atoms with Crippen molar-refractivity contribution >= 4 is 44.6 Å². The fourth-order valence-electron chi connectivity index (χ4n) is 1.57. The highest BCUT2D eigenvalue weighted by atomic mass is 79.9. The molecule has 0 amide bonds. The first-order valence-electron chi connectivity index (χ1n) is 5.43. The van der Waals surface area contributed by atoms with Crippen molar-refractivity contribution in [2.75, 3.05) is 0 Å². The summed E-state index contributed by atoms with van der Waals surface area (Å²) in [7, 11) is 0. The van der Waals surface area contributed by atoms with E-state index in [-0.39, 0.29) is 5.69 Å². The van der Waals surface area contributed by atoms with Crippen LogP contribution in [0.3, 0.4) is 0 Å². The monoisotopic (exact) mass is 360 g/mol. The molecule has 0 unspecified atom stereocenters. The smallest absolute Gasteiger partial charge is 0.269 e. The number of hydrogen-bond acceptors (Lipinski definition) is 4. The van der Waals surface area contributed by atoms with E-state index < -0.39 is 4.92 Å². The molecule has 100 valence electrons. The number of rotatable bonds is 5. The van der Waals surface area contributed by atoms with Crippen molar-refractivity contribution in [3.63, 3.8) is 0 Å². The summed E-state index contributed by atoms with van der Waals surface area (Å²) >= 11 is 11.1. The Morgan fingerprint density at radius 1 is 1.37 bits per heavy atom. The highest BCUT2D eigenvalue weighted by Crippen LogP contribution is 2.24. The minimum Gasteiger partial charge on any atom is -0.308 e. The van der Waals surface area contributed by atoms with Crippen molar-refractivity contribution in [1.29, 1.82) is 0 Å². The van der Waals surface area contributed by atoms with Crippen LogP contribution in [0.1, 0.15) is 10.4 Å². The molecule has 0 saturated carbocycles. The Bertz CT molecular complexity index is 603. The lowest BCUT2D eigenvalue weighted by atomic mass is 10.2. The molecule has 2 aromatic rings. The number of halogens is 2. The molecule has 4 nitrogen and oxygen atoms in total. The van der Waals surface area contributed by atoms with Crippen molar-refractivity contribution in [3.8, 4) is 0 Å². The summed E-state index contributed by atoms with van der Waals surface area (Å²) in [6, 6.07) is 6.44. The fraction of sp³-hybridized carbons (Fsp3) is 0.167. The number of benzene rings is 1. The molecule has 1 N–H and O–H groups in total. The molecule has 0 bridgehead atoms. The molecule has 1 aromatic heterocycles. The average Bonchev–Trinajstić information content (AvgIpc) is 2.77. The zero-order valence-electron chi connectivity index (χ0n) is 9.73. The summed E-state index contributed by atoms with van der Waals surface area (Å²) in [5.74, 6) is 0. The summed E-state index contributed by atoms with van der Waals surface area (Å²) in [6.07, 6.45) is 0. The molecule has 0 aliphatic carbocycles. The lowest BCUT2D eigenvalue weighted by Crippen LogP contribution is -2.12. The van der Waals surface area contributed by atoms with Gasteiger partial charge in [0.25, 0.3) is 5.69 Å². The molecule has 7 heteroatoms. The first-order valence-corrected chi connectivity index (χ1v) is 7.48. The number of hydrogen-bond donors (Lipinski definition) is 1. The molecule has 0 spiro atoms. The van der Waals surface area contributed by atoms with Gasteiger partial charge in [-0.15, -0.1) is 11.3 Å². The third kappa shape index (κ3) is 3.76. The van der Waals surface area contributed by atoms with Crippen molar-refractivity contribution < 1.29 is 4.92 Å². The quantitative estimate of drug-likeness (QED) is 0.636. The number of thiophene rings is 1. The maximum absolute atomic E-state index is 10.7. The van der Waals surface area contributed by atoms with Crippen LogP contribution in [-0.2, 0) is 13.1 Å². The van der Waals surface area contributed by atoms with Crippen LogP contribution in [0.25, 0.3) is 0 Å². The Balaban J connectivity index is 2.01. The van der Waals surface area contributed by atoms with Gasteiger partial charge >= 0.3 is 0 Å². The number of nitrogens with one attached hydrogen (secondary N) is 1. The normalized spacial score (nSPS) is 10.6. The highest BCUT2D eigenvalue weighted by Gasteiger charge is 2.09. The Kier molecular flexibility index (Phi) is 4.93. The molecule has 0 saturated heterocycles. The summed E-state index contributed by atoms with van der Waals surface area (Å²) in [6.45, 7) is 1.18. The third-order valence-corrected chi connectivity index (χ3v) is 4.83. The van der Waals surface area contributed by atoms with Gasteiger partial charge in [0.1, 0.15) is 0 Å². The number of nitro benzene ring substituents is 1. The van der Waals surface area contributed by atoms with Crippen LogP contribution in [0.15, 0.2) is 34.1 Å². The van der Waals surface area contributed by atoms with Crippen LogP contribution in [0.5, 0.6) is 0 Å². The molecule has 1 heterocycles. The summed E-state index contributed by atoms with van der Waals surface area (Å²) in [5, 5.41) is 16.5. The predicted octanol–water partition coefficient (Wildman–Crippen LogP) is 4.36. The van der Waals surface area contributed by atoms with Gasteiger partial charge in [0.15, 0.2) is 0 Å². The molecule has 0 radical (unpaired) electrons. The van der Waals surface area contributed by atoms with Crippen LogP contribution in [-0.4, -0.2) is 4.92 Å². The van der Waals surface area contributed by atoms with E-state index in [0.29, 0.717) is 18.1 Å². The van der Waals surface area contributed by atoms with E-state index in [4.69, 9.17) is 11.6 Å². The molecule has 1 aromatic carbocycles. The van der Waals surface area contributed by atoms with Crippen LogP contribution < -0.4 is 5.32 Å². The van der Waals surface area contributed by atoms with E-state index >= 15 is 0 Å². The SMILES string of the molecule is O=[N+]([O-])c1ccc(Cl)c(CNCc2sccc2Br)c1. The largest absolute Gasteiger partial charge is 0.308 e. The van der Waals surface area contributed by atoms with Crippen LogP contribution >= 0.6 is 38.9 Å². The molecule has 19 heavy (non-hydrogen) atoms. The van der Waals surface area contributed by atoms with E-state index in [1.165, 1.54) is 17.0 Å². The zero-order chi connectivity index (χ0) is 13.8. The molecular weight excluding hydrogens is 352 g/mol. The van der Waals surface area contributed by atoms with Gasteiger partial charge in [0, 0.05) is 39.6 Å². The van der Waals surface area contributed by atoms with Gasteiger partial charge < -0.3 is 5.32 Å². The second kappa shape index (κ2) is 6.47. The minimum atomic E-state index is -0.421. The highest BCUT2D eigenvalue weighted by molar-refractivity contribution is 9.10. The Morgan fingerprint density at radius 2 is 2.16 bits per heavy atom. The lowest BCUT2D eigenvalue weighted by Gasteiger charge is -2.06. The van der Waals surface area contributed by atoms with Gasteiger partial charge in [0.2, 0.25) is 0 Å². The molecule has 0 fully saturated rings. The van der Waals surface area contributed by atoms with Gasteiger partial charge in [-0.25, -0.2) is 0 Å². The Hall–Kier alpha value is -0.950. The fourth-order valence-corrected chi connectivity index (χ4v) is 3.22. The first kappa shape index (κ1) is 14.5. The molecule has 2 rings (SSSR count). The van der Waals surface area contributed by atoms with Gasteiger partial charge in [0.05, 0.1) is 4.92 Å². The number of nitrogens with zero attached hydrogens (tertiary/aromatic N) is 1. The number of non-ortho nitro benzene ring substituents is 1. The maximum Gasteiger partial charge on any atom is 0.269 e. The zero-order valence-corrected chi connectivity index (χ0v) is 12.9. The average molecular weight is 362 g/mol. The van der Waals surface area contributed by atoms with Crippen LogP contribution in [0.2, 0.25) is 5.02 Å². The molecule has 0 aliphatic rings. The Morgan fingerprint density at radius 3 is 2.79 bits per heavy atom. The molecule has 0 aliphatic heterocycles. The van der Waals surface area contributed by atoms with Crippen molar-refractivity contribution in [2.45, 2.75) is 13.1 Å². The van der Waals surface area contributed by atoms with Gasteiger partial charge in [-0.3, -0.25) is 10.1 Å². The standard InChI is InChI=1S/C12H10BrClN2O2S/c13-10-3-4-19-12(10)7-15-6-8-5-9(16(17)18)1-2-11(8)14/h1-5,15H,6-7H2. The van der Waals surface area contributed by atoms with E-state index in [9.17, 15) is 10.1 Å².